The highest BCUT2D eigenvalue weighted by Crippen LogP contribution is 2.02. The van der Waals surface area contributed by atoms with Crippen molar-refractivity contribution in [3.63, 3.8) is 0 Å². The van der Waals surface area contributed by atoms with Crippen molar-refractivity contribution in [1.82, 2.24) is 15.3 Å². The largest absolute Gasteiger partial charge is 0.478 e. The summed E-state index contributed by atoms with van der Waals surface area (Å²) in [6.07, 6.45) is 5.29. The molecule has 0 fully saturated rings. The van der Waals surface area contributed by atoms with Crippen molar-refractivity contribution in [3.05, 3.63) is 36.4 Å². The van der Waals surface area contributed by atoms with Crippen LogP contribution in [0.15, 0.2) is 25.2 Å². The summed E-state index contributed by atoms with van der Waals surface area (Å²) in [6.45, 7) is 4.78. The van der Waals surface area contributed by atoms with Crippen molar-refractivity contribution in [1.29, 1.82) is 0 Å². The van der Waals surface area contributed by atoms with Crippen LogP contribution in [0.4, 0.5) is 0 Å². The molecule has 0 saturated heterocycles. The maximum Gasteiger partial charge on any atom is 0.339 e. The van der Waals surface area contributed by atoms with Crippen LogP contribution in [0.3, 0.4) is 0 Å². The lowest BCUT2D eigenvalue weighted by Gasteiger charge is -2.04. The number of aromatic carboxylic acids is 1. The van der Waals surface area contributed by atoms with E-state index in [1.165, 1.54) is 12.5 Å². The minimum absolute atomic E-state index is 0.142. The molecule has 0 spiro atoms. The molecule has 2 N–H and O–H groups in total. The maximum atomic E-state index is 10.8. The van der Waals surface area contributed by atoms with E-state index >= 15 is 0 Å². The smallest absolute Gasteiger partial charge is 0.339 e. The minimum atomic E-state index is -1.00. The third-order valence-electron chi connectivity index (χ3n) is 1.84. The molecule has 0 aliphatic carbocycles. The van der Waals surface area contributed by atoms with Gasteiger partial charge in [-0.2, -0.15) is 0 Å². The Bertz CT molecular complexity index is 352. The number of rotatable bonds is 6. The molecular weight excluding hydrogens is 194 g/mol. The number of aromatic nitrogens is 2. The van der Waals surface area contributed by atoms with Crippen LogP contribution >= 0.6 is 0 Å². The van der Waals surface area contributed by atoms with E-state index in [1.807, 2.05) is 0 Å². The Hall–Kier alpha value is -1.75. The molecule has 1 aromatic rings. The maximum absolute atomic E-state index is 10.8. The first-order valence-corrected chi connectivity index (χ1v) is 4.59. The number of carbonyl (C=O) groups is 1. The second-order valence-electron chi connectivity index (χ2n) is 2.94. The number of nitrogens with zero attached hydrogens (tertiary/aromatic N) is 2. The fourth-order valence-electron chi connectivity index (χ4n) is 1.09. The Labute approximate surface area is 87.9 Å². The van der Waals surface area contributed by atoms with Gasteiger partial charge in [0, 0.05) is 12.7 Å². The van der Waals surface area contributed by atoms with E-state index in [2.05, 4.69) is 21.9 Å². The van der Waals surface area contributed by atoms with Crippen molar-refractivity contribution in [3.8, 4) is 0 Å². The second kappa shape index (κ2) is 5.87. The predicted octanol–water partition coefficient (Wildman–Crippen LogP) is 0.841. The summed E-state index contributed by atoms with van der Waals surface area (Å²) in [7, 11) is 0. The van der Waals surface area contributed by atoms with Crippen molar-refractivity contribution in [2.45, 2.75) is 13.0 Å². The van der Waals surface area contributed by atoms with Gasteiger partial charge in [0.25, 0.3) is 0 Å². The van der Waals surface area contributed by atoms with Crippen molar-refractivity contribution in [2.75, 3.05) is 6.54 Å². The van der Waals surface area contributed by atoms with Crippen LogP contribution in [-0.2, 0) is 6.54 Å². The quantitative estimate of drug-likeness (QED) is 0.534. The van der Waals surface area contributed by atoms with Crippen molar-refractivity contribution >= 4 is 5.97 Å². The molecule has 15 heavy (non-hydrogen) atoms. The zero-order valence-electron chi connectivity index (χ0n) is 8.31. The van der Waals surface area contributed by atoms with E-state index in [0.29, 0.717) is 12.2 Å². The van der Waals surface area contributed by atoms with E-state index in [0.717, 1.165) is 13.0 Å². The monoisotopic (exact) mass is 207 g/mol. The number of carboxylic acid groups (broad SMARTS) is 1. The van der Waals surface area contributed by atoms with Crippen LogP contribution in [0.5, 0.6) is 0 Å². The van der Waals surface area contributed by atoms with E-state index in [4.69, 9.17) is 5.11 Å². The first-order valence-electron chi connectivity index (χ1n) is 4.59. The summed E-state index contributed by atoms with van der Waals surface area (Å²) < 4.78 is 0. The minimum Gasteiger partial charge on any atom is -0.478 e. The van der Waals surface area contributed by atoms with Gasteiger partial charge in [0.1, 0.15) is 11.9 Å². The summed E-state index contributed by atoms with van der Waals surface area (Å²) in [5, 5.41) is 11.9. The Kier molecular flexibility index (Phi) is 4.43. The van der Waals surface area contributed by atoms with E-state index < -0.39 is 5.97 Å². The van der Waals surface area contributed by atoms with E-state index in [9.17, 15) is 4.79 Å². The average molecular weight is 207 g/mol. The molecule has 1 aromatic heterocycles. The number of nitrogens with one attached hydrogen (secondary N) is 1. The third-order valence-corrected chi connectivity index (χ3v) is 1.84. The Morgan fingerprint density at radius 3 is 3.13 bits per heavy atom. The average Bonchev–Trinajstić information content (AvgIpc) is 2.25. The van der Waals surface area contributed by atoms with Gasteiger partial charge >= 0.3 is 5.97 Å². The normalized spacial score (nSPS) is 9.87. The van der Waals surface area contributed by atoms with Crippen LogP contribution < -0.4 is 5.32 Å². The molecule has 0 aromatic carbocycles. The standard InChI is InChI=1S/C10H13N3O2/c1-2-3-4-11-6-9-8(10(14)15)5-12-7-13-9/h2,5,7,11H,1,3-4,6H2,(H,14,15). The molecule has 0 bridgehead atoms. The molecule has 0 aliphatic rings. The van der Waals surface area contributed by atoms with Gasteiger partial charge < -0.3 is 10.4 Å². The first-order chi connectivity index (χ1) is 7.25. The molecule has 1 rings (SSSR count). The summed E-state index contributed by atoms with van der Waals surface area (Å²) in [6, 6.07) is 0. The lowest BCUT2D eigenvalue weighted by molar-refractivity contribution is 0.0694. The fourth-order valence-corrected chi connectivity index (χ4v) is 1.09. The number of hydrogen-bond donors (Lipinski definition) is 2. The molecule has 0 atom stereocenters. The highest BCUT2D eigenvalue weighted by Gasteiger charge is 2.10. The van der Waals surface area contributed by atoms with Crippen LogP contribution in [0.25, 0.3) is 0 Å². The topological polar surface area (TPSA) is 75.1 Å². The molecular formula is C10H13N3O2. The molecule has 5 nitrogen and oxygen atoms in total. The highest BCUT2D eigenvalue weighted by molar-refractivity contribution is 5.88. The molecule has 0 saturated carbocycles. The van der Waals surface area contributed by atoms with Gasteiger partial charge in [0.05, 0.1) is 5.69 Å². The fraction of sp³-hybridized carbons (Fsp3) is 0.300. The summed E-state index contributed by atoms with van der Waals surface area (Å²) in [4.78, 5) is 18.4. The number of hydrogen-bond acceptors (Lipinski definition) is 4. The summed E-state index contributed by atoms with van der Waals surface area (Å²) in [5.41, 5.74) is 0.644. The predicted molar refractivity (Wildman–Crippen MR) is 55.5 cm³/mol. The first kappa shape index (κ1) is 11.3. The van der Waals surface area contributed by atoms with Crippen molar-refractivity contribution in [2.24, 2.45) is 0 Å². The van der Waals surface area contributed by atoms with E-state index in [1.54, 1.807) is 6.08 Å². The molecule has 0 unspecified atom stereocenters. The Morgan fingerprint density at radius 2 is 2.47 bits per heavy atom. The molecule has 80 valence electrons. The summed E-state index contributed by atoms with van der Waals surface area (Å²) in [5.74, 6) is -1.00. The summed E-state index contributed by atoms with van der Waals surface area (Å²) >= 11 is 0. The van der Waals surface area contributed by atoms with Gasteiger partial charge in [-0.3, -0.25) is 0 Å². The van der Waals surface area contributed by atoms with Crippen LogP contribution in [0.2, 0.25) is 0 Å². The van der Waals surface area contributed by atoms with Gasteiger partial charge in [-0.15, -0.1) is 6.58 Å². The van der Waals surface area contributed by atoms with E-state index in [-0.39, 0.29) is 5.56 Å². The lowest BCUT2D eigenvalue weighted by atomic mass is 10.2. The van der Waals surface area contributed by atoms with Gasteiger partial charge in [0.2, 0.25) is 0 Å². The molecule has 1 heterocycles. The van der Waals surface area contributed by atoms with Crippen LogP contribution in [0, 0.1) is 0 Å². The molecule has 0 radical (unpaired) electrons. The van der Waals surface area contributed by atoms with Gasteiger partial charge in [-0.05, 0) is 13.0 Å². The van der Waals surface area contributed by atoms with Gasteiger partial charge in [0.15, 0.2) is 0 Å². The molecule has 5 heteroatoms. The number of carboxylic acids is 1. The third kappa shape index (κ3) is 3.47. The molecule has 0 aliphatic heterocycles. The highest BCUT2D eigenvalue weighted by atomic mass is 16.4. The zero-order valence-corrected chi connectivity index (χ0v) is 8.31. The van der Waals surface area contributed by atoms with Gasteiger partial charge in [-0.1, -0.05) is 6.08 Å². The molecule has 0 amide bonds. The second-order valence-corrected chi connectivity index (χ2v) is 2.94. The lowest BCUT2D eigenvalue weighted by Crippen LogP contribution is -2.18. The van der Waals surface area contributed by atoms with Crippen LogP contribution in [-0.4, -0.2) is 27.6 Å². The zero-order chi connectivity index (χ0) is 11.1. The Morgan fingerprint density at radius 1 is 1.67 bits per heavy atom. The van der Waals surface area contributed by atoms with Crippen molar-refractivity contribution < 1.29 is 9.90 Å². The Balaban J connectivity index is 2.59. The SMILES string of the molecule is C=CCCNCc1ncncc1C(=O)O. The van der Waals surface area contributed by atoms with Crippen LogP contribution in [0.1, 0.15) is 22.5 Å². The van der Waals surface area contributed by atoms with Gasteiger partial charge in [-0.25, -0.2) is 14.8 Å².